The molecule has 0 unspecified atom stereocenters. The lowest BCUT2D eigenvalue weighted by Crippen LogP contribution is -2.27. The molecule has 0 saturated heterocycles. The number of ether oxygens (including phenoxy) is 2. The molecule has 0 aliphatic rings. The van der Waals surface area contributed by atoms with E-state index in [0.29, 0.717) is 36.7 Å². The third-order valence-electron chi connectivity index (χ3n) is 3.14. The molecule has 0 fully saturated rings. The van der Waals surface area contributed by atoms with Crippen molar-refractivity contribution in [2.75, 3.05) is 44.6 Å². The van der Waals surface area contributed by atoms with Crippen LogP contribution in [-0.2, 0) is 0 Å². The summed E-state index contributed by atoms with van der Waals surface area (Å²) < 4.78 is 10.3. The van der Waals surface area contributed by atoms with Gasteiger partial charge in [-0.15, -0.1) is 0 Å². The Morgan fingerprint density at radius 1 is 0.957 bits per heavy atom. The number of nitrogens with zero attached hydrogens (tertiary/aromatic N) is 5. The number of nitrogens with one attached hydrogen (secondary N) is 1. The molecule has 0 radical (unpaired) electrons. The first-order chi connectivity index (χ1) is 11.0. The Morgan fingerprint density at radius 2 is 1.57 bits per heavy atom. The van der Waals surface area contributed by atoms with E-state index in [2.05, 4.69) is 25.3 Å². The van der Waals surface area contributed by atoms with Gasteiger partial charge < -0.3 is 19.7 Å². The molecule has 8 heteroatoms. The van der Waals surface area contributed by atoms with E-state index < -0.39 is 0 Å². The maximum atomic E-state index is 5.17. The summed E-state index contributed by atoms with van der Waals surface area (Å²) in [4.78, 5) is 19.2. The topological polar surface area (TPSA) is 85.3 Å². The predicted molar refractivity (Wildman–Crippen MR) is 88.4 cm³/mol. The molecule has 0 aromatic carbocycles. The summed E-state index contributed by atoms with van der Waals surface area (Å²) in [5.74, 6) is 2.25. The smallest absolute Gasteiger partial charge is 0.228 e. The van der Waals surface area contributed by atoms with E-state index in [1.54, 1.807) is 26.4 Å². The molecule has 2 heterocycles. The number of hydrogen-bond donors (Lipinski definition) is 1. The molecule has 0 aliphatic carbocycles. The minimum atomic E-state index is 0.540. The molecule has 0 atom stereocenters. The van der Waals surface area contributed by atoms with Gasteiger partial charge in [0, 0.05) is 43.7 Å². The second-order valence-electron chi connectivity index (χ2n) is 5.08. The summed E-state index contributed by atoms with van der Waals surface area (Å²) in [5.41, 5.74) is 1.71. The van der Waals surface area contributed by atoms with Crippen LogP contribution in [0.3, 0.4) is 0 Å². The second-order valence-corrected chi connectivity index (χ2v) is 5.08. The van der Waals surface area contributed by atoms with Crippen LogP contribution in [0.4, 0.5) is 11.9 Å². The van der Waals surface area contributed by atoms with Gasteiger partial charge in [-0.25, -0.2) is 9.97 Å². The summed E-state index contributed by atoms with van der Waals surface area (Å²) >= 11 is 0. The summed E-state index contributed by atoms with van der Waals surface area (Å²) in [6.07, 6.45) is 0. The van der Waals surface area contributed by atoms with Gasteiger partial charge >= 0.3 is 0 Å². The molecular weight excluding hydrogens is 296 g/mol. The molecule has 0 amide bonds. The number of hydrogen-bond acceptors (Lipinski definition) is 8. The summed E-state index contributed by atoms with van der Waals surface area (Å²) in [6, 6.07) is 3.58. The second kappa shape index (κ2) is 7.57. The van der Waals surface area contributed by atoms with Crippen LogP contribution in [0.5, 0.6) is 11.8 Å². The molecular formula is C15H22N6O2. The van der Waals surface area contributed by atoms with E-state index >= 15 is 0 Å². The molecule has 23 heavy (non-hydrogen) atoms. The third-order valence-corrected chi connectivity index (χ3v) is 3.14. The SMILES string of the molecule is COc1cc(C)nc(NCCN(C)c2nc(C)cc(OC)n2)n1. The first kappa shape index (κ1) is 16.7. The normalized spacial score (nSPS) is 10.3. The molecule has 0 saturated carbocycles. The van der Waals surface area contributed by atoms with Gasteiger partial charge in [0.2, 0.25) is 23.7 Å². The predicted octanol–water partition coefficient (Wildman–Crippen LogP) is 1.45. The highest BCUT2D eigenvalue weighted by molar-refractivity contribution is 5.35. The van der Waals surface area contributed by atoms with Crippen LogP contribution >= 0.6 is 0 Å². The zero-order valence-electron chi connectivity index (χ0n) is 14.1. The number of likely N-dealkylation sites (N-methyl/N-ethyl adjacent to an activating group) is 1. The van der Waals surface area contributed by atoms with Crippen molar-refractivity contribution in [2.24, 2.45) is 0 Å². The molecule has 8 nitrogen and oxygen atoms in total. The van der Waals surface area contributed by atoms with Crippen LogP contribution in [0, 0.1) is 13.8 Å². The Hall–Kier alpha value is -2.64. The van der Waals surface area contributed by atoms with Crippen molar-refractivity contribution in [1.29, 1.82) is 0 Å². The van der Waals surface area contributed by atoms with Gasteiger partial charge in [0.15, 0.2) is 0 Å². The van der Waals surface area contributed by atoms with Gasteiger partial charge in [0.05, 0.1) is 14.2 Å². The van der Waals surface area contributed by atoms with E-state index in [0.717, 1.165) is 11.4 Å². The molecule has 2 rings (SSSR count). The van der Waals surface area contributed by atoms with Crippen LogP contribution in [0.25, 0.3) is 0 Å². The third kappa shape index (κ3) is 4.67. The average Bonchev–Trinajstić information content (AvgIpc) is 2.53. The Balaban J connectivity index is 1.96. The van der Waals surface area contributed by atoms with E-state index in [1.165, 1.54) is 0 Å². The Bertz CT molecular complexity index is 664. The van der Waals surface area contributed by atoms with Gasteiger partial charge in [-0.1, -0.05) is 0 Å². The summed E-state index contributed by atoms with van der Waals surface area (Å²) in [6.45, 7) is 5.13. The van der Waals surface area contributed by atoms with Gasteiger partial charge in [0.25, 0.3) is 0 Å². The van der Waals surface area contributed by atoms with Gasteiger partial charge in [-0.05, 0) is 13.8 Å². The van der Waals surface area contributed by atoms with Crippen molar-refractivity contribution in [3.8, 4) is 11.8 Å². The van der Waals surface area contributed by atoms with Crippen molar-refractivity contribution in [3.63, 3.8) is 0 Å². The van der Waals surface area contributed by atoms with E-state index in [4.69, 9.17) is 9.47 Å². The van der Waals surface area contributed by atoms with Crippen molar-refractivity contribution < 1.29 is 9.47 Å². The van der Waals surface area contributed by atoms with E-state index in [9.17, 15) is 0 Å². The average molecular weight is 318 g/mol. The lowest BCUT2D eigenvalue weighted by molar-refractivity contribution is 0.396. The van der Waals surface area contributed by atoms with Crippen LogP contribution in [0.1, 0.15) is 11.4 Å². The number of rotatable bonds is 7. The van der Waals surface area contributed by atoms with E-state index in [-0.39, 0.29) is 0 Å². The highest BCUT2D eigenvalue weighted by Crippen LogP contribution is 2.14. The number of methoxy groups -OCH3 is 2. The molecule has 2 aromatic rings. The highest BCUT2D eigenvalue weighted by atomic mass is 16.5. The zero-order chi connectivity index (χ0) is 16.8. The molecule has 0 spiro atoms. The van der Waals surface area contributed by atoms with Gasteiger partial charge in [-0.3, -0.25) is 0 Å². The van der Waals surface area contributed by atoms with Crippen LogP contribution in [0.15, 0.2) is 12.1 Å². The molecule has 124 valence electrons. The number of aryl methyl sites for hydroxylation is 2. The summed E-state index contributed by atoms with van der Waals surface area (Å²) in [7, 11) is 5.10. The molecule has 1 N–H and O–H groups in total. The fourth-order valence-corrected chi connectivity index (χ4v) is 1.96. The van der Waals surface area contributed by atoms with Crippen molar-refractivity contribution in [2.45, 2.75) is 13.8 Å². The fraction of sp³-hybridized carbons (Fsp3) is 0.467. The Labute approximate surface area is 135 Å². The Kier molecular flexibility index (Phi) is 5.51. The van der Waals surface area contributed by atoms with Crippen LogP contribution in [-0.4, -0.2) is 54.3 Å². The maximum absolute atomic E-state index is 5.17. The standard InChI is InChI=1S/C15H22N6O2/c1-10-8-12(22-4)19-14(17-10)16-6-7-21(3)15-18-11(2)9-13(20-15)23-5/h8-9H,6-7H2,1-5H3,(H,16,17,19). The maximum Gasteiger partial charge on any atom is 0.228 e. The first-order valence-corrected chi connectivity index (χ1v) is 7.26. The lowest BCUT2D eigenvalue weighted by atomic mass is 10.4. The highest BCUT2D eigenvalue weighted by Gasteiger charge is 2.08. The lowest BCUT2D eigenvalue weighted by Gasteiger charge is -2.18. The number of anilines is 2. The quantitative estimate of drug-likeness (QED) is 0.821. The molecule has 0 aliphatic heterocycles. The monoisotopic (exact) mass is 318 g/mol. The molecule has 2 aromatic heterocycles. The van der Waals surface area contributed by atoms with Crippen LogP contribution < -0.4 is 19.7 Å². The minimum Gasteiger partial charge on any atom is -0.481 e. The largest absolute Gasteiger partial charge is 0.481 e. The van der Waals surface area contributed by atoms with E-state index in [1.807, 2.05) is 25.8 Å². The fourth-order valence-electron chi connectivity index (χ4n) is 1.96. The van der Waals surface area contributed by atoms with Crippen molar-refractivity contribution in [1.82, 2.24) is 19.9 Å². The van der Waals surface area contributed by atoms with Crippen molar-refractivity contribution >= 4 is 11.9 Å². The number of aromatic nitrogens is 4. The Morgan fingerprint density at radius 3 is 2.22 bits per heavy atom. The minimum absolute atomic E-state index is 0.540. The van der Waals surface area contributed by atoms with Gasteiger partial charge in [-0.2, -0.15) is 9.97 Å². The zero-order valence-corrected chi connectivity index (χ0v) is 14.1. The summed E-state index contributed by atoms with van der Waals surface area (Å²) in [5, 5.41) is 3.17. The van der Waals surface area contributed by atoms with Gasteiger partial charge in [0.1, 0.15) is 0 Å². The van der Waals surface area contributed by atoms with Crippen molar-refractivity contribution in [3.05, 3.63) is 23.5 Å². The first-order valence-electron chi connectivity index (χ1n) is 7.26. The van der Waals surface area contributed by atoms with Crippen LogP contribution in [0.2, 0.25) is 0 Å². The molecule has 0 bridgehead atoms.